The van der Waals surface area contributed by atoms with E-state index in [0.717, 1.165) is 10.4 Å². The van der Waals surface area contributed by atoms with Crippen molar-refractivity contribution in [2.75, 3.05) is 32.7 Å². The van der Waals surface area contributed by atoms with Crippen molar-refractivity contribution in [2.45, 2.75) is 6.54 Å². The van der Waals surface area contributed by atoms with Crippen molar-refractivity contribution in [1.29, 1.82) is 0 Å². The van der Waals surface area contributed by atoms with Gasteiger partial charge in [0.25, 0.3) is 0 Å². The second kappa shape index (κ2) is 9.27. The first kappa shape index (κ1) is 19.8. The number of amides is 1. The molecule has 1 N–H and O–H groups in total. The van der Waals surface area contributed by atoms with Gasteiger partial charge in [-0.25, -0.2) is 8.42 Å². The smallest absolute Gasteiger partial charge is 0.236 e. The lowest BCUT2D eigenvalue weighted by molar-refractivity contribution is -0.122. The molecule has 1 amide bonds. The van der Waals surface area contributed by atoms with E-state index in [-0.39, 0.29) is 5.91 Å². The van der Waals surface area contributed by atoms with E-state index in [2.05, 4.69) is 5.32 Å². The summed E-state index contributed by atoms with van der Waals surface area (Å²) >= 11 is 1.61. The minimum Gasteiger partial charge on any atom is -0.350 e. The molecular weight excluding hydrogens is 382 g/mol. The van der Waals surface area contributed by atoms with Crippen molar-refractivity contribution in [3.63, 3.8) is 0 Å². The van der Waals surface area contributed by atoms with Crippen molar-refractivity contribution < 1.29 is 13.2 Å². The Kier molecular flexibility index (Phi) is 6.78. The van der Waals surface area contributed by atoms with Crippen LogP contribution < -0.4 is 5.32 Å². The Labute approximate surface area is 164 Å². The molecule has 0 radical (unpaired) electrons. The van der Waals surface area contributed by atoms with Crippen molar-refractivity contribution in [1.82, 2.24) is 14.5 Å². The fraction of sp³-hybridized carbons (Fsp3) is 0.316. The van der Waals surface area contributed by atoms with E-state index >= 15 is 0 Å². The molecule has 1 fully saturated rings. The largest absolute Gasteiger partial charge is 0.350 e. The highest BCUT2D eigenvalue weighted by molar-refractivity contribution is 7.92. The minimum atomic E-state index is -3.45. The van der Waals surface area contributed by atoms with Gasteiger partial charge in [-0.05, 0) is 23.1 Å². The second-order valence-corrected chi connectivity index (χ2v) is 9.14. The summed E-state index contributed by atoms with van der Waals surface area (Å²) in [6.07, 6.45) is 1.61. The molecule has 1 aromatic carbocycles. The SMILES string of the molecule is O=C(CN1CCN(S(=O)(=O)C=Cc2ccccc2)CC1)NCc1cccs1. The van der Waals surface area contributed by atoms with Crippen LogP contribution in [0.15, 0.2) is 53.3 Å². The summed E-state index contributed by atoms with van der Waals surface area (Å²) in [5, 5.41) is 6.13. The van der Waals surface area contributed by atoms with Gasteiger partial charge in [0.15, 0.2) is 0 Å². The van der Waals surface area contributed by atoms with E-state index in [9.17, 15) is 13.2 Å². The van der Waals surface area contributed by atoms with Crippen LogP contribution in [0.25, 0.3) is 6.08 Å². The molecule has 27 heavy (non-hydrogen) atoms. The van der Waals surface area contributed by atoms with Gasteiger partial charge < -0.3 is 5.32 Å². The molecule has 144 valence electrons. The highest BCUT2D eigenvalue weighted by atomic mass is 32.2. The molecule has 6 nitrogen and oxygen atoms in total. The molecule has 2 aromatic rings. The monoisotopic (exact) mass is 405 g/mol. The third kappa shape index (κ3) is 6.00. The summed E-state index contributed by atoms with van der Waals surface area (Å²) in [5.41, 5.74) is 0.849. The number of carbonyl (C=O) groups excluding carboxylic acids is 1. The number of sulfonamides is 1. The van der Waals surface area contributed by atoms with E-state index in [1.807, 2.05) is 52.7 Å². The number of nitrogens with one attached hydrogen (secondary N) is 1. The Balaban J connectivity index is 1.45. The molecule has 1 aliphatic heterocycles. The molecule has 0 unspecified atom stereocenters. The summed E-state index contributed by atoms with van der Waals surface area (Å²) < 4.78 is 26.4. The maximum absolute atomic E-state index is 12.5. The first-order valence-corrected chi connectivity index (χ1v) is 11.2. The zero-order valence-corrected chi connectivity index (χ0v) is 16.6. The molecule has 1 aliphatic rings. The van der Waals surface area contributed by atoms with Crippen LogP contribution in [0.2, 0.25) is 0 Å². The molecule has 0 spiro atoms. The predicted octanol–water partition coefficient (Wildman–Crippen LogP) is 1.98. The fourth-order valence-electron chi connectivity index (χ4n) is 2.81. The summed E-state index contributed by atoms with van der Waals surface area (Å²) in [6.45, 7) is 2.70. The molecule has 0 atom stereocenters. The number of hydrogen-bond acceptors (Lipinski definition) is 5. The number of thiophene rings is 1. The van der Waals surface area contributed by atoms with Crippen LogP contribution in [0, 0.1) is 0 Å². The van der Waals surface area contributed by atoms with Gasteiger partial charge in [-0.3, -0.25) is 9.69 Å². The highest BCUT2D eigenvalue weighted by Gasteiger charge is 2.25. The Morgan fingerprint density at radius 1 is 1.07 bits per heavy atom. The van der Waals surface area contributed by atoms with Gasteiger partial charge in [-0.15, -0.1) is 11.3 Å². The number of piperazine rings is 1. The van der Waals surface area contributed by atoms with Gasteiger partial charge in [0.2, 0.25) is 15.9 Å². The van der Waals surface area contributed by atoms with Crippen LogP contribution >= 0.6 is 11.3 Å². The molecule has 1 aromatic heterocycles. The Morgan fingerprint density at radius 2 is 1.81 bits per heavy atom. The van der Waals surface area contributed by atoms with E-state index < -0.39 is 10.0 Å². The topological polar surface area (TPSA) is 69.7 Å². The summed E-state index contributed by atoms with van der Waals surface area (Å²) in [4.78, 5) is 15.2. The van der Waals surface area contributed by atoms with Gasteiger partial charge in [-0.1, -0.05) is 36.4 Å². The molecule has 0 saturated carbocycles. The van der Waals surface area contributed by atoms with Crippen LogP contribution in [0.3, 0.4) is 0 Å². The first-order chi connectivity index (χ1) is 13.0. The van der Waals surface area contributed by atoms with Crippen molar-refractivity contribution in [3.05, 3.63) is 63.7 Å². The predicted molar refractivity (Wildman–Crippen MR) is 109 cm³/mol. The fourth-order valence-corrected chi connectivity index (χ4v) is 4.63. The number of nitrogens with zero attached hydrogens (tertiary/aromatic N) is 2. The average molecular weight is 406 g/mol. The Hall–Kier alpha value is -2.00. The lowest BCUT2D eigenvalue weighted by atomic mass is 10.2. The number of rotatable bonds is 7. The van der Waals surface area contributed by atoms with Crippen LogP contribution in [0.4, 0.5) is 0 Å². The van der Waals surface area contributed by atoms with Crippen LogP contribution in [0.1, 0.15) is 10.4 Å². The number of hydrogen-bond donors (Lipinski definition) is 1. The van der Waals surface area contributed by atoms with Crippen molar-refractivity contribution >= 4 is 33.3 Å². The van der Waals surface area contributed by atoms with Gasteiger partial charge in [0.05, 0.1) is 13.1 Å². The Morgan fingerprint density at radius 3 is 2.48 bits per heavy atom. The lowest BCUT2D eigenvalue weighted by Gasteiger charge is -2.32. The Bertz CT molecular complexity index is 857. The first-order valence-electron chi connectivity index (χ1n) is 8.78. The van der Waals surface area contributed by atoms with Crippen LogP contribution in [0.5, 0.6) is 0 Å². The third-order valence-electron chi connectivity index (χ3n) is 4.33. The van der Waals surface area contributed by atoms with E-state index in [4.69, 9.17) is 0 Å². The molecular formula is C19H23N3O3S2. The van der Waals surface area contributed by atoms with E-state index in [1.165, 1.54) is 9.71 Å². The van der Waals surface area contributed by atoms with Gasteiger partial charge in [-0.2, -0.15) is 4.31 Å². The maximum atomic E-state index is 12.5. The normalized spacial score (nSPS) is 16.6. The molecule has 2 heterocycles. The minimum absolute atomic E-state index is 0.0383. The van der Waals surface area contributed by atoms with E-state index in [0.29, 0.717) is 39.3 Å². The van der Waals surface area contributed by atoms with Crippen molar-refractivity contribution in [3.8, 4) is 0 Å². The molecule has 3 rings (SSSR count). The molecule has 8 heteroatoms. The second-order valence-electron chi connectivity index (χ2n) is 6.29. The lowest BCUT2D eigenvalue weighted by Crippen LogP contribution is -2.50. The van der Waals surface area contributed by atoms with Gasteiger partial charge in [0, 0.05) is 36.5 Å². The molecule has 1 saturated heterocycles. The maximum Gasteiger partial charge on any atom is 0.236 e. The molecule has 0 bridgehead atoms. The summed E-state index contributed by atoms with van der Waals surface area (Å²) in [6, 6.07) is 13.3. The summed E-state index contributed by atoms with van der Waals surface area (Å²) in [5.74, 6) is -0.0383. The zero-order valence-electron chi connectivity index (χ0n) is 15.0. The highest BCUT2D eigenvalue weighted by Crippen LogP contribution is 2.12. The van der Waals surface area contributed by atoms with Crippen molar-refractivity contribution in [2.24, 2.45) is 0 Å². The van der Waals surface area contributed by atoms with Gasteiger partial charge >= 0.3 is 0 Å². The summed E-state index contributed by atoms with van der Waals surface area (Å²) in [7, 11) is -3.45. The zero-order chi connectivity index (χ0) is 19.1. The van der Waals surface area contributed by atoms with Gasteiger partial charge in [0.1, 0.15) is 0 Å². The number of carbonyl (C=O) groups is 1. The average Bonchev–Trinajstić information content (AvgIpc) is 3.20. The molecule has 0 aliphatic carbocycles. The standard InChI is InChI=1S/C19H23N3O3S2/c23-19(20-15-18-7-4-13-26-18)16-21-9-11-22(12-10-21)27(24,25)14-8-17-5-2-1-3-6-17/h1-8,13-14H,9-12,15-16H2,(H,20,23). The third-order valence-corrected chi connectivity index (χ3v) is 6.77. The van der Waals surface area contributed by atoms with E-state index in [1.54, 1.807) is 17.4 Å². The van der Waals surface area contributed by atoms with Crippen LogP contribution in [-0.2, 0) is 21.4 Å². The van der Waals surface area contributed by atoms with Crippen LogP contribution in [-0.4, -0.2) is 56.3 Å². The quantitative estimate of drug-likeness (QED) is 0.765. The number of benzene rings is 1.